The van der Waals surface area contributed by atoms with E-state index in [1.165, 1.54) is 17.1 Å². The van der Waals surface area contributed by atoms with Crippen molar-refractivity contribution in [1.82, 2.24) is 4.90 Å². The van der Waals surface area contributed by atoms with Crippen molar-refractivity contribution in [1.29, 1.82) is 0 Å². The van der Waals surface area contributed by atoms with Crippen LogP contribution in [0.25, 0.3) is 6.08 Å². The van der Waals surface area contributed by atoms with Gasteiger partial charge in [0.15, 0.2) is 6.61 Å². The first kappa shape index (κ1) is 19.0. The lowest BCUT2D eigenvalue weighted by molar-refractivity contribution is -0.147. The van der Waals surface area contributed by atoms with Gasteiger partial charge in [-0.15, -0.1) is 0 Å². The Morgan fingerprint density at radius 3 is 2.52 bits per heavy atom. The Bertz CT molecular complexity index is 775. The van der Waals surface area contributed by atoms with Crippen LogP contribution in [0.15, 0.2) is 54.6 Å². The first-order valence-corrected chi connectivity index (χ1v) is 8.29. The number of benzene rings is 2. The number of hydrogen-bond acceptors (Lipinski definition) is 3. The van der Waals surface area contributed by atoms with Gasteiger partial charge in [-0.3, -0.25) is 4.79 Å². The molecule has 0 radical (unpaired) electrons. The largest absolute Gasteiger partial charge is 0.452 e. The maximum Gasteiger partial charge on any atom is 0.331 e. The van der Waals surface area contributed by atoms with Crippen LogP contribution in [0.2, 0.25) is 10.0 Å². The van der Waals surface area contributed by atoms with E-state index in [0.29, 0.717) is 22.2 Å². The molecule has 2 rings (SSSR count). The summed E-state index contributed by atoms with van der Waals surface area (Å²) in [7, 11) is 1.66. The van der Waals surface area contributed by atoms with Crippen molar-refractivity contribution < 1.29 is 14.3 Å². The molecule has 6 heteroatoms. The second-order valence-electron chi connectivity index (χ2n) is 5.34. The van der Waals surface area contributed by atoms with Gasteiger partial charge in [-0.05, 0) is 29.3 Å². The predicted molar refractivity (Wildman–Crippen MR) is 99.4 cm³/mol. The third-order valence-corrected chi connectivity index (χ3v) is 3.95. The van der Waals surface area contributed by atoms with Crippen molar-refractivity contribution in [3.63, 3.8) is 0 Å². The van der Waals surface area contributed by atoms with Crippen LogP contribution in [-0.2, 0) is 20.9 Å². The molecule has 0 aromatic heterocycles. The topological polar surface area (TPSA) is 46.6 Å². The van der Waals surface area contributed by atoms with Crippen LogP contribution in [0, 0.1) is 0 Å². The van der Waals surface area contributed by atoms with Gasteiger partial charge in [0.1, 0.15) is 0 Å². The summed E-state index contributed by atoms with van der Waals surface area (Å²) in [6.45, 7) is 0.133. The van der Waals surface area contributed by atoms with Crippen molar-refractivity contribution in [3.8, 4) is 0 Å². The summed E-state index contributed by atoms with van der Waals surface area (Å²) < 4.78 is 4.96. The van der Waals surface area contributed by atoms with Crippen LogP contribution in [0.1, 0.15) is 11.1 Å². The Morgan fingerprint density at radius 1 is 1.12 bits per heavy atom. The number of ether oxygens (including phenoxy) is 1. The van der Waals surface area contributed by atoms with Gasteiger partial charge < -0.3 is 9.64 Å². The maximum atomic E-state index is 12.0. The molecular formula is C19H17Cl2NO3. The van der Waals surface area contributed by atoms with Crippen LogP contribution < -0.4 is 0 Å². The SMILES string of the molecule is CN(Cc1ccccc1)C(=O)COC(=O)C=Cc1ccc(Cl)cc1Cl. The average Bonchev–Trinajstić information content (AvgIpc) is 2.59. The normalized spacial score (nSPS) is 10.7. The van der Waals surface area contributed by atoms with Crippen molar-refractivity contribution in [2.75, 3.05) is 13.7 Å². The molecule has 0 bridgehead atoms. The first-order valence-electron chi connectivity index (χ1n) is 7.53. The number of amides is 1. The molecule has 25 heavy (non-hydrogen) atoms. The molecule has 2 aromatic carbocycles. The highest BCUT2D eigenvalue weighted by Crippen LogP contribution is 2.21. The lowest BCUT2D eigenvalue weighted by Crippen LogP contribution is -2.30. The molecule has 1 amide bonds. The number of rotatable bonds is 6. The van der Waals surface area contributed by atoms with Crippen LogP contribution in [-0.4, -0.2) is 30.4 Å². The molecule has 0 aliphatic heterocycles. The lowest BCUT2D eigenvalue weighted by Gasteiger charge is -2.16. The van der Waals surface area contributed by atoms with E-state index in [4.69, 9.17) is 27.9 Å². The third kappa shape index (κ3) is 6.25. The monoisotopic (exact) mass is 377 g/mol. The highest BCUT2D eigenvalue weighted by molar-refractivity contribution is 6.35. The summed E-state index contributed by atoms with van der Waals surface area (Å²) in [6, 6.07) is 14.5. The Balaban J connectivity index is 1.82. The van der Waals surface area contributed by atoms with E-state index < -0.39 is 5.97 Å². The number of nitrogens with zero attached hydrogens (tertiary/aromatic N) is 1. The molecule has 0 aliphatic carbocycles. The van der Waals surface area contributed by atoms with Crippen molar-refractivity contribution in [3.05, 3.63) is 75.8 Å². The van der Waals surface area contributed by atoms with Gasteiger partial charge in [-0.1, -0.05) is 59.6 Å². The Hall–Kier alpha value is -2.30. The highest BCUT2D eigenvalue weighted by atomic mass is 35.5. The Kier molecular flexibility index (Phi) is 7.04. The fraction of sp³-hybridized carbons (Fsp3) is 0.158. The zero-order valence-electron chi connectivity index (χ0n) is 13.6. The second kappa shape index (κ2) is 9.25. The van der Waals surface area contributed by atoms with Crippen LogP contribution in [0.3, 0.4) is 0 Å². The third-order valence-electron chi connectivity index (χ3n) is 3.39. The van der Waals surface area contributed by atoms with E-state index in [1.54, 1.807) is 25.2 Å². The molecule has 130 valence electrons. The first-order chi connectivity index (χ1) is 12.0. The quantitative estimate of drug-likeness (QED) is 0.559. The Morgan fingerprint density at radius 2 is 1.84 bits per heavy atom. The summed E-state index contributed by atoms with van der Waals surface area (Å²) >= 11 is 11.8. The van der Waals surface area contributed by atoms with Crippen molar-refractivity contribution in [2.24, 2.45) is 0 Å². The summed E-state index contributed by atoms with van der Waals surface area (Å²) in [4.78, 5) is 25.2. The fourth-order valence-corrected chi connectivity index (χ4v) is 2.50. The summed E-state index contributed by atoms with van der Waals surface area (Å²) in [5.41, 5.74) is 1.64. The molecule has 4 nitrogen and oxygen atoms in total. The van der Waals surface area contributed by atoms with Gasteiger partial charge in [0.05, 0.1) is 0 Å². The van der Waals surface area contributed by atoms with Gasteiger partial charge in [0.25, 0.3) is 5.91 Å². The maximum absolute atomic E-state index is 12.0. The number of halogens is 2. The van der Waals surface area contributed by atoms with Crippen molar-refractivity contribution in [2.45, 2.75) is 6.54 Å². The second-order valence-corrected chi connectivity index (χ2v) is 6.19. The minimum Gasteiger partial charge on any atom is -0.452 e. The van der Waals surface area contributed by atoms with Gasteiger partial charge in [-0.25, -0.2) is 4.79 Å². The number of likely N-dealkylation sites (N-methyl/N-ethyl adjacent to an activating group) is 1. The molecule has 0 fully saturated rings. The van der Waals surface area contributed by atoms with Crippen LogP contribution >= 0.6 is 23.2 Å². The molecule has 0 aliphatic rings. The minimum absolute atomic E-state index is 0.282. The van der Waals surface area contributed by atoms with Gasteiger partial charge in [0, 0.05) is 29.7 Å². The van der Waals surface area contributed by atoms with Gasteiger partial charge >= 0.3 is 5.97 Å². The zero-order valence-corrected chi connectivity index (χ0v) is 15.1. The van der Waals surface area contributed by atoms with E-state index >= 15 is 0 Å². The fourth-order valence-electron chi connectivity index (χ4n) is 2.03. The summed E-state index contributed by atoms with van der Waals surface area (Å²) in [6.07, 6.45) is 2.73. The number of carbonyl (C=O) groups excluding carboxylic acids is 2. The van der Waals surface area contributed by atoms with E-state index in [2.05, 4.69) is 0 Å². The molecule has 0 atom stereocenters. The standard InChI is InChI=1S/C19H17Cl2NO3/c1-22(12-14-5-3-2-4-6-14)18(23)13-25-19(24)10-8-15-7-9-16(20)11-17(15)21/h2-11H,12-13H2,1H3. The van der Waals surface area contributed by atoms with Gasteiger partial charge in [-0.2, -0.15) is 0 Å². The number of carbonyl (C=O) groups is 2. The number of esters is 1. The molecule has 0 heterocycles. The van der Waals surface area contributed by atoms with E-state index in [1.807, 2.05) is 30.3 Å². The molecule has 2 aromatic rings. The molecule has 0 N–H and O–H groups in total. The van der Waals surface area contributed by atoms with Crippen LogP contribution in [0.4, 0.5) is 0 Å². The van der Waals surface area contributed by atoms with E-state index in [-0.39, 0.29) is 12.5 Å². The molecule has 0 spiro atoms. The van der Waals surface area contributed by atoms with Crippen molar-refractivity contribution >= 4 is 41.2 Å². The summed E-state index contributed by atoms with van der Waals surface area (Å²) in [5, 5.41) is 0.937. The predicted octanol–water partition coefficient (Wildman–Crippen LogP) is 4.21. The minimum atomic E-state index is -0.618. The molecular weight excluding hydrogens is 361 g/mol. The highest BCUT2D eigenvalue weighted by Gasteiger charge is 2.11. The molecule has 0 saturated heterocycles. The zero-order chi connectivity index (χ0) is 18.2. The van der Waals surface area contributed by atoms with E-state index in [0.717, 1.165) is 5.56 Å². The van der Waals surface area contributed by atoms with Crippen LogP contribution in [0.5, 0.6) is 0 Å². The lowest BCUT2D eigenvalue weighted by atomic mass is 10.2. The smallest absolute Gasteiger partial charge is 0.331 e. The molecule has 0 saturated carbocycles. The molecule has 0 unspecified atom stereocenters. The Labute approximate surface area is 156 Å². The number of hydrogen-bond donors (Lipinski definition) is 0. The van der Waals surface area contributed by atoms with E-state index in [9.17, 15) is 9.59 Å². The van der Waals surface area contributed by atoms with Gasteiger partial charge in [0.2, 0.25) is 0 Å². The average molecular weight is 378 g/mol. The summed E-state index contributed by atoms with van der Waals surface area (Å²) in [5.74, 6) is -0.900.